The van der Waals surface area contributed by atoms with Crippen LogP contribution in [0.25, 0.3) is 0 Å². The van der Waals surface area contributed by atoms with E-state index in [9.17, 15) is 0 Å². The molecule has 1 atom stereocenters. The smallest absolute Gasteiger partial charge is 0.128 e. The van der Waals surface area contributed by atoms with Crippen LogP contribution in [-0.4, -0.2) is 12.0 Å². The first-order valence-corrected chi connectivity index (χ1v) is 6.14. The summed E-state index contributed by atoms with van der Waals surface area (Å²) in [6.07, 6.45) is 2.63. The van der Waals surface area contributed by atoms with Gasteiger partial charge in [0, 0.05) is 17.8 Å². The van der Waals surface area contributed by atoms with Gasteiger partial charge in [0.1, 0.15) is 5.82 Å². The number of rotatable bonds is 4. The molecule has 1 aromatic heterocycles. The molecule has 0 saturated carbocycles. The van der Waals surface area contributed by atoms with Crippen molar-refractivity contribution in [2.45, 2.75) is 19.4 Å². The number of nitrogen functional groups attached to an aromatic ring is 1. The van der Waals surface area contributed by atoms with Crippen molar-refractivity contribution in [2.75, 3.05) is 12.8 Å². The molecule has 3 nitrogen and oxygen atoms in total. The van der Waals surface area contributed by atoms with E-state index in [1.54, 1.807) is 6.20 Å². The molecule has 1 heterocycles. The molecule has 0 bridgehead atoms. The lowest BCUT2D eigenvalue weighted by atomic mass is 9.99. The average molecular weight is 241 g/mol. The third kappa shape index (κ3) is 2.87. The van der Waals surface area contributed by atoms with Crippen molar-refractivity contribution >= 4 is 5.82 Å². The van der Waals surface area contributed by atoms with Gasteiger partial charge in [0.2, 0.25) is 0 Å². The second kappa shape index (κ2) is 5.65. The van der Waals surface area contributed by atoms with Crippen molar-refractivity contribution < 1.29 is 0 Å². The summed E-state index contributed by atoms with van der Waals surface area (Å²) in [5, 5.41) is 3.30. The van der Waals surface area contributed by atoms with Gasteiger partial charge >= 0.3 is 0 Å². The van der Waals surface area contributed by atoms with E-state index in [0.29, 0.717) is 5.82 Å². The quantitative estimate of drug-likeness (QED) is 0.864. The summed E-state index contributed by atoms with van der Waals surface area (Å²) in [5.41, 5.74) is 9.55. The standard InChI is InChI=1S/C15H19N3/c1-11-5-7-12(8-6-11)10-14(17-2)13-4-3-9-18-15(13)16/h3-9,14,17H,10H2,1-2H3,(H2,16,18). The minimum atomic E-state index is 0.196. The third-order valence-corrected chi connectivity index (χ3v) is 3.16. The number of benzene rings is 1. The van der Waals surface area contributed by atoms with E-state index in [0.717, 1.165) is 12.0 Å². The summed E-state index contributed by atoms with van der Waals surface area (Å²) in [4.78, 5) is 4.14. The van der Waals surface area contributed by atoms with Crippen molar-refractivity contribution in [2.24, 2.45) is 0 Å². The largest absolute Gasteiger partial charge is 0.383 e. The first kappa shape index (κ1) is 12.6. The van der Waals surface area contributed by atoms with Crippen LogP contribution in [0.4, 0.5) is 5.82 Å². The molecule has 0 saturated heterocycles. The van der Waals surface area contributed by atoms with Crippen LogP contribution in [0, 0.1) is 6.92 Å². The minimum absolute atomic E-state index is 0.196. The fraction of sp³-hybridized carbons (Fsp3) is 0.267. The van der Waals surface area contributed by atoms with E-state index in [1.165, 1.54) is 11.1 Å². The Kier molecular flexibility index (Phi) is 3.95. The van der Waals surface area contributed by atoms with Gasteiger partial charge in [-0.15, -0.1) is 0 Å². The Morgan fingerprint density at radius 2 is 1.94 bits per heavy atom. The van der Waals surface area contributed by atoms with E-state index in [-0.39, 0.29) is 6.04 Å². The van der Waals surface area contributed by atoms with E-state index in [2.05, 4.69) is 41.5 Å². The number of aromatic nitrogens is 1. The highest BCUT2D eigenvalue weighted by Crippen LogP contribution is 2.21. The first-order valence-electron chi connectivity index (χ1n) is 6.14. The van der Waals surface area contributed by atoms with Gasteiger partial charge < -0.3 is 11.1 Å². The summed E-state index contributed by atoms with van der Waals surface area (Å²) < 4.78 is 0. The average Bonchev–Trinajstić information content (AvgIpc) is 2.39. The van der Waals surface area contributed by atoms with Gasteiger partial charge in [-0.3, -0.25) is 0 Å². The van der Waals surface area contributed by atoms with Crippen molar-refractivity contribution in [3.05, 3.63) is 59.3 Å². The lowest BCUT2D eigenvalue weighted by Crippen LogP contribution is -2.20. The summed E-state index contributed by atoms with van der Waals surface area (Å²) >= 11 is 0. The van der Waals surface area contributed by atoms with Gasteiger partial charge in [-0.05, 0) is 32.0 Å². The Bertz CT molecular complexity index is 505. The van der Waals surface area contributed by atoms with E-state index in [1.807, 2.05) is 19.2 Å². The molecule has 2 rings (SSSR count). The van der Waals surface area contributed by atoms with E-state index >= 15 is 0 Å². The molecule has 0 spiro atoms. The number of hydrogen-bond acceptors (Lipinski definition) is 3. The Labute approximate surface area is 108 Å². The maximum Gasteiger partial charge on any atom is 0.128 e. The molecule has 0 aliphatic carbocycles. The van der Waals surface area contributed by atoms with Crippen LogP contribution < -0.4 is 11.1 Å². The van der Waals surface area contributed by atoms with Crippen LogP contribution in [0.5, 0.6) is 0 Å². The normalized spacial score (nSPS) is 12.3. The number of nitrogens with two attached hydrogens (primary N) is 1. The molecule has 2 aromatic rings. The van der Waals surface area contributed by atoms with Gasteiger partial charge in [-0.25, -0.2) is 4.98 Å². The minimum Gasteiger partial charge on any atom is -0.383 e. The molecule has 0 aliphatic heterocycles. The summed E-state index contributed by atoms with van der Waals surface area (Å²) in [5.74, 6) is 0.601. The zero-order valence-corrected chi connectivity index (χ0v) is 10.9. The topological polar surface area (TPSA) is 50.9 Å². The lowest BCUT2D eigenvalue weighted by Gasteiger charge is -2.18. The number of anilines is 1. The molecule has 0 radical (unpaired) electrons. The number of pyridine rings is 1. The maximum atomic E-state index is 5.92. The molecule has 1 aromatic carbocycles. The van der Waals surface area contributed by atoms with Gasteiger partial charge in [0.25, 0.3) is 0 Å². The SMILES string of the molecule is CNC(Cc1ccc(C)cc1)c1cccnc1N. The van der Waals surface area contributed by atoms with Crippen LogP contribution in [-0.2, 0) is 6.42 Å². The van der Waals surface area contributed by atoms with Crippen molar-refractivity contribution in [3.8, 4) is 0 Å². The molecule has 1 unspecified atom stereocenters. The highest BCUT2D eigenvalue weighted by atomic mass is 14.9. The molecule has 3 heteroatoms. The van der Waals surface area contributed by atoms with Gasteiger partial charge in [-0.1, -0.05) is 35.9 Å². The van der Waals surface area contributed by atoms with Gasteiger partial charge in [0.05, 0.1) is 0 Å². The zero-order valence-electron chi connectivity index (χ0n) is 10.9. The second-order valence-corrected chi connectivity index (χ2v) is 4.51. The Morgan fingerprint density at radius 1 is 1.22 bits per heavy atom. The van der Waals surface area contributed by atoms with Crippen LogP contribution in [0.1, 0.15) is 22.7 Å². The third-order valence-electron chi connectivity index (χ3n) is 3.16. The van der Waals surface area contributed by atoms with Gasteiger partial charge in [-0.2, -0.15) is 0 Å². The number of aryl methyl sites for hydroxylation is 1. The predicted octanol–water partition coefficient (Wildman–Crippen LogP) is 2.48. The predicted molar refractivity (Wildman–Crippen MR) is 75.3 cm³/mol. The van der Waals surface area contributed by atoms with Crippen LogP contribution in [0.2, 0.25) is 0 Å². The number of hydrogen-bond donors (Lipinski definition) is 2. The van der Waals surface area contributed by atoms with E-state index < -0.39 is 0 Å². The van der Waals surface area contributed by atoms with Crippen LogP contribution in [0.3, 0.4) is 0 Å². The molecule has 94 valence electrons. The molecule has 0 aliphatic rings. The zero-order chi connectivity index (χ0) is 13.0. The molecular formula is C15H19N3. The van der Waals surface area contributed by atoms with Crippen molar-refractivity contribution in [1.29, 1.82) is 0 Å². The van der Waals surface area contributed by atoms with Crippen molar-refractivity contribution in [3.63, 3.8) is 0 Å². The maximum absolute atomic E-state index is 5.92. The number of likely N-dealkylation sites (N-methyl/N-ethyl adjacent to an activating group) is 1. The first-order chi connectivity index (χ1) is 8.70. The number of nitrogens with zero attached hydrogens (tertiary/aromatic N) is 1. The van der Waals surface area contributed by atoms with Crippen molar-refractivity contribution in [1.82, 2.24) is 10.3 Å². The molecule has 0 fully saturated rings. The monoisotopic (exact) mass is 241 g/mol. The van der Waals surface area contributed by atoms with Gasteiger partial charge in [0.15, 0.2) is 0 Å². The fourth-order valence-electron chi connectivity index (χ4n) is 2.05. The van der Waals surface area contributed by atoms with E-state index in [4.69, 9.17) is 5.73 Å². The second-order valence-electron chi connectivity index (χ2n) is 4.51. The highest BCUT2D eigenvalue weighted by Gasteiger charge is 2.13. The summed E-state index contributed by atoms with van der Waals surface area (Å²) in [6, 6.07) is 12.7. The Hall–Kier alpha value is -1.87. The summed E-state index contributed by atoms with van der Waals surface area (Å²) in [6.45, 7) is 2.10. The molecule has 18 heavy (non-hydrogen) atoms. The molecule has 3 N–H and O–H groups in total. The van der Waals surface area contributed by atoms with Crippen LogP contribution in [0.15, 0.2) is 42.6 Å². The Morgan fingerprint density at radius 3 is 2.56 bits per heavy atom. The molecule has 0 amide bonds. The molecular weight excluding hydrogens is 222 g/mol. The highest BCUT2D eigenvalue weighted by molar-refractivity contribution is 5.41. The number of nitrogens with one attached hydrogen (secondary N) is 1. The fourth-order valence-corrected chi connectivity index (χ4v) is 2.05. The Balaban J connectivity index is 2.20. The van der Waals surface area contributed by atoms with Crippen LogP contribution >= 0.6 is 0 Å². The lowest BCUT2D eigenvalue weighted by molar-refractivity contribution is 0.592. The summed E-state index contributed by atoms with van der Waals surface area (Å²) in [7, 11) is 1.95.